The van der Waals surface area contributed by atoms with Gasteiger partial charge in [0.1, 0.15) is 5.75 Å². The molecule has 2 rings (SSSR count). The predicted molar refractivity (Wildman–Crippen MR) is 85.8 cm³/mol. The highest BCUT2D eigenvalue weighted by Crippen LogP contribution is 2.29. The maximum atomic E-state index is 10.9. The Morgan fingerprint density at radius 2 is 2.24 bits per heavy atom. The van der Waals surface area contributed by atoms with Gasteiger partial charge in [-0.2, -0.15) is 0 Å². The van der Waals surface area contributed by atoms with Crippen molar-refractivity contribution >= 4 is 34.6 Å². The summed E-state index contributed by atoms with van der Waals surface area (Å²) in [7, 11) is 0. The molecule has 4 nitrogen and oxygen atoms in total. The van der Waals surface area contributed by atoms with Gasteiger partial charge in [-0.3, -0.25) is 0 Å². The van der Waals surface area contributed by atoms with E-state index in [1.807, 2.05) is 13.0 Å². The van der Waals surface area contributed by atoms with Crippen LogP contribution in [0.4, 0.5) is 5.69 Å². The second-order valence-corrected chi connectivity index (χ2v) is 5.88. The Hall–Kier alpha value is -1.72. The summed E-state index contributed by atoms with van der Waals surface area (Å²) >= 11 is 7.42. The van der Waals surface area contributed by atoms with Crippen LogP contribution < -0.4 is 10.1 Å². The fourth-order valence-electron chi connectivity index (χ4n) is 1.75. The van der Waals surface area contributed by atoms with Crippen LogP contribution in [0, 0.1) is 0 Å². The largest absolute Gasteiger partial charge is 0.491 e. The fourth-order valence-corrected chi connectivity index (χ4v) is 2.72. The van der Waals surface area contributed by atoms with E-state index in [0.29, 0.717) is 23.7 Å². The van der Waals surface area contributed by atoms with Crippen LogP contribution in [-0.4, -0.2) is 17.7 Å². The average Bonchev–Trinajstić information content (AvgIpc) is 2.93. The van der Waals surface area contributed by atoms with Crippen LogP contribution in [0.15, 0.2) is 29.6 Å². The average molecular weight is 326 g/mol. The molecule has 0 saturated heterocycles. The molecule has 0 bridgehead atoms. The number of hydrogen-bond donors (Lipinski definition) is 2. The Labute approximate surface area is 132 Å². The molecule has 1 aromatic heterocycles. The van der Waals surface area contributed by atoms with Crippen molar-refractivity contribution in [2.24, 2.45) is 0 Å². The molecule has 0 atom stereocenters. The summed E-state index contributed by atoms with van der Waals surface area (Å²) in [6.07, 6.45) is 0.926. The van der Waals surface area contributed by atoms with E-state index in [1.165, 1.54) is 11.3 Å². The van der Waals surface area contributed by atoms with Crippen molar-refractivity contribution in [3.63, 3.8) is 0 Å². The Morgan fingerprint density at radius 1 is 1.43 bits per heavy atom. The highest BCUT2D eigenvalue weighted by atomic mass is 35.5. The van der Waals surface area contributed by atoms with E-state index in [4.69, 9.17) is 21.4 Å². The van der Waals surface area contributed by atoms with Gasteiger partial charge in [-0.1, -0.05) is 18.5 Å². The number of benzene rings is 1. The minimum atomic E-state index is -0.910. The van der Waals surface area contributed by atoms with E-state index < -0.39 is 5.97 Å². The number of carbonyl (C=O) groups is 1. The molecule has 0 aliphatic carbocycles. The number of aromatic carboxylic acids is 1. The monoisotopic (exact) mass is 325 g/mol. The first-order valence-electron chi connectivity index (χ1n) is 6.57. The van der Waals surface area contributed by atoms with E-state index >= 15 is 0 Å². The minimum Gasteiger partial charge on any atom is -0.491 e. The maximum absolute atomic E-state index is 10.9. The van der Waals surface area contributed by atoms with Gasteiger partial charge in [0.15, 0.2) is 0 Å². The van der Waals surface area contributed by atoms with Crippen LogP contribution in [0.2, 0.25) is 5.02 Å². The van der Waals surface area contributed by atoms with Gasteiger partial charge >= 0.3 is 5.97 Å². The molecular formula is C15H16ClNO3S. The second kappa shape index (κ2) is 7.33. The van der Waals surface area contributed by atoms with Gasteiger partial charge in [0.05, 0.1) is 17.9 Å². The van der Waals surface area contributed by atoms with E-state index in [0.717, 1.165) is 22.7 Å². The van der Waals surface area contributed by atoms with Crippen LogP contribution in [-0.2, 0) is 6.54 Å². The third-order valence-corrected chi connectivity index (χ3v) is 3.93. The lowest BCUT2D eigenvalue weighted by Crippen LogP contribution is -2.03. The Morgan fingerprint density at radius 3 is 2.90 bits per heavy atom. The first-order chi connectivity index (χ1) is 10.1. The van der Waals surface area contributed by atoms with Crippen molar-refractivity contribution in [1.29, 1.82) is 0 Å². The lowest BCUT2D eigenvalue weighted by molar-refractivity contribution is 0.0697. The quantitative estimate of drug-likeness (QED) is 0.787. The van der Waals surface area contributed by atoms with Gasteiger partial charge in [0.2, 0.25) is 0 Å². The number of rotatable bonds is 7. The molecule has 2 N–H and O–H groups in total. The summed E-state index contributed by atoms with van der Waals surface area (Å²) < 4.78 is 5.66. The molecule has 0 amide bonds. The normalized spacial score (nSPS) is 10.4. The number of anilines is 1. The smallest absolute Gasteiger partial charge is 0.336 e. The standard InChI is InChI=1S/C15H16ClNO3S/c1-2-5-20-14-4-3-11(16)7-13(14)17-8-12-6-10(9-21-12)15(18)19/h3-4,6-7,9,17H,2,5,8H2,1H3,(H,18,19). The minimum absolute atomic E-state index is 0.311. The van der Waals surface area contributed by atoms with Crippen molar-refractivity contribution in [3.8, 4) is 5.75 Å². The molecule has 0 spiro atoms. The number of carboxylic acid groups (broad SMARTS) is 1. The Bertz CT molecular complexity index is 627. The van der Waals surface area contributed by atoms with Crippen molar-refractivity contribution in [2.75, 3.05) is 11.9 Å². The molecule has 0 saturated carbocycles. The second-order valence-electron chi connectivity index (χ2n) is 4.45. The van der Waals surface area contributed by atoms with Gasteiger partial charge in [-0.25, -0.2) is 4.79 Å². The number of thiophene rings is 1. The third-order valence-electron chi connectivity index (χ3n) is 2.76. The molecule has 112 valence electrons. The number of halogens is 1. The van der Waals surface area contributed by atoms with Crippen molar-refractivity contribution < 1.29 is 14.6 Å². The van der Waals surface area contributed by atoms with Crippen LogP contribution in [0.25, 0.3) is 0 Å². The molecular weight excluding hydrogens is 310 g/mol. The zero-order chi connectivity index (χ0) is 15.2. The third kappa shape index (κ3) is 4.37. The lowest BCUT2D eigenvalue weighted by Gasteiger charge is -2.12. The molecule has 0 fully saturated rings. The maximum Gasteiger partial charge on any atom is 0.336 e. The van der Waals surface area contributed by atoms with Crippen LogP contribution in [0.3, 0.4) is 0 Å². The van der Waals surface area contributed by atoms with Crippen molar-refractivity contribution in [2.45, 2.75) is 19.9 Å². The predicted octanol–water partition coefficient (Wildman–Crippen LogP) is 4.50. The zero-order valence-electron chi connectivity index (χ0n) is 11.6. The number of ether oxygens (including phenoxy) is 1. The van der Waals surface area contributed by atoms with Crippen molar-refractivity contribution in [1.82, 2.24) is 0 Å². The SMILES string of the molecule is CCCOc1ccc(Cl)cc1NCc1cc(C(=O)O)cs1. The van der Waals surface area contributed by atoms with Gasteiger partial charge in [0, 0.05) is 21.8 Å². The molecule has 0 unspecified atom stereocenters. The lowest BCUT2D eigenvalue weighted by atomic mass is 10.2. The number of hydrogen-bond acceptors (Lipinski definition) is 4. The van der Waals surface area contributed by atoms with Gasteiger partial charge in [-0.15, -0.1) is 11.3 Å². The Balaban J connectivity index is 2.07. The van der Waals surface area contributed by atoms with E-state index in [2.05, 4.69) is 5.32 Å². The summed E-state index contributed by atoms with van der Waals surface area (Å²) in [6, 6.07) is 7.08. The molecule has 21 heavy (non-hydrogen) atoms. The number of nitrogens with one attached hydrogen (secondary N) is 1. The topological polar surface area (TPSA) is 58.6 Å². The fraction of sp³-hybridized carbons (Fsp3) is 0.267. The molecule has 0 radical (unpaired) electrons. The summed E-state index contributed by atoms with van der Waals surface area (Å²) in [5.74, 6) is -0.163. The molecule has 2 aromatic rings. The number of carboxylic acids is 1. The summed E-state index contributed by atoms with van der Waals surface area (Å²) in [5.41, 5.74) is 1.12. The zero-order valence-corrected chi connectivity index (χ0v) is 13.1. The van der Waals surface area contributed by atoms with Gasteiger partial charge in [0.25, 0.3) is 0 Å². The molecule has 1 aromatic carbocycles. The van der Waals surface area contributed by atoms with Crippen LogP contribution >= 0.6 is 22.9 Å². The molecule has 0 aliphatic heterocycles. The molecule has 1 heterocycles. The van der Waals surface area contributed by atoms with E-state index in [-0.39, 0.29) is 0 Å². The van der Waals surface area contributed by atoms with Crippen molar-refractivity contribution in [3.05, 3.63) is 45.1 Å². The van der Waals surface area contributed by atoms with E-state index in [9.17, 15) is 4.79 Å². The van der Waals surface area contributed by atoms with Gasteiger partial charge in [-0.05, 0) is 30.7 Å². The highest BCUT2D eigenvalue weighted by Gasteiger charge is 2.08. The molecule has 6 heteroatoms. The molecule has 0 aliphatic rings. The highest BCUT2D eigenvalue weighted by molar-refractivity contribution is 7.10. The summed E-state index contributed by atoms with van der Waals surface area (Å²) in [6.45, 7) is 3.21. The summed E-state index contributed by atoms with van der Waals surface area (Å²) in [4.78, 5) is 11.8. The Kier molecular flexibility index (Phi) is 5.47. The van der Waals surface area contributed by atoms with E-state index in [1.54, 1.807) is 23.6 Å². The first-order valence-corrected chi connectivity index (χ1v) is 7.83. The first kappa shape index (κ1) is 15.7. The van der Waals surface area contributed by atoms with Gasteiger partial charge < -0.3 is 15.2 Å². The summed E-state index contributed by atoms with van der Waals surface area (Å²) in [5, 5.41) is 14.4. The van der Waals surface area contributed by atoms with Crippen LogP contribution in [0.1, 0.15) is 28.6 Å². The van der Waals surface area contributed by atoms with Crippen LogP contribution in [0.5, 0.6) is 5.75 Å².